The molecule has 3 aliphatic rings. The van der Waals surface area contributed by atoms with Crippen LogP contribution in [0.15, 0.2) is 11.6 Å². The van der Waals surface area contributed by atoms with E-state index in [0.29, 0.717) is 29.9 Å². The van der Waals surface area contributed by atoms with Gasteiger partial charge in [-0.25, -0.2) is 0 Å². The standard InChI is InChI=1S/C22H38N2O2/c1-18(2)23(3)16-20-9-10-22(17-26-20)11-13-24(14-12-22)21(25)15-19-7-5-4-6-8-19/h7,18,20H,4-6,8-17H2,1-3H3. The first kappa shape index (κ1) is 19.9. The summed E-state index contributed by atoms with van der Waals surface area (Å²) in [6.45, 7) is 8.24. The van der Waals surface area contributed by atoms with Crippen LogP contribution in [0.5, 0.6) is 0 Å². The van der Waals surface area contributed by atoms with Gasteiger partial charge in [0.1, 0.15) is 0 Å². The van der Waals surface area contributed by atoms with E-state index in [2.05, 4.69) is 36.8 Å². The number of hydrogen-bond donors (Lipinski definition) is 0. The van der Waals surface area contributed by atoms with Crippen LogP contribution in [0, 0.1) is 5.41 Å². The largest absolute Gasteiger partial charge is 0.376 e. The van der Waals surface area contributed by atoms with Gasteiger partial charge in [-0.15, -0.1) is 0 Å². The Bertz CT molecular complexity index is 496. The van der Waals surface area contributed by atoms with Crippen molar-refractivity contribution in [2.45, 2.75) is 83.8 Å². The highest BCUT2D eigenvalue weighted by Crippen LogP contribution is 2.41. The number of nitrogens with zero attached hydrogens (tertiary/aromatic N) is 2. The van der Waals surface area contributed by atoms with Crippen LogP contribution in [0.2, 0.25) is 0 Å². The Morgan fingerprint density at radius 2 is 2.08 bits per heavy atom. The molecule has 2 fully saturated rings. The van der Waals surface area contributed by atoms with Crippen molar-refractivity contribution >= 4 is 5.91 Å². The monoisotopic (exact) mass is 362 g/mol. The van der Waals surface area contributed by atoms with Crippen molar-refractivity contribution in [3.8, 4) is 0 Å². The van der Waals surface area contributed by atoms with Crippen molar-refractivity contribution in [2.24, 2.45) is 5.41 Å². The lowest BCUT2D eigenvalue weighted by Gasteiger charge is -2.46. The van der Waals surface area contributed by atoms with Crippen molar-refractivity contribution in [3.05, 3.63) is 11.6 Å². The Kier molecular flexibility index (Phi) is 6.79. The van der Waals surface area contributed by atoms with E-state index in [1.165, 1.54) is 24.8 Å². The maximum atomic E-state index is 12.6. The molecule has 148 valence electrons. The summed E-state index contributed by atoms with van der Waals surface area (Å²) in [6, 6.07) is 0.572. The van der Waals surface area contributed by atoms with Gasteiger partial charge in [-0.2, -0.15) is 0 Å². The van der Waals surface area contributed by atoms with Gasteiger partial charge in [-0.3, -0.25) is 4.79 Å². The first-order valence-electron chi connectivity index (χ1n) is 10.7. The zero-order valence-electron chi connectivity index (χ0n) is 17.1. The minimum absolute atomic E-state index is 0.327. The summed E-state index contributed by atoms with van der Waals surface area (Å²) in [5, 5.41) is 0. The second-order valence-electron chi connectivity index (χ2n) is 9.17. The second kappa shape index (κ2) is 8.88. The molecule has 2 heterocycles. The summed E-state index contributed by atoms with van der Waals surface area (Å²) in [6.07, 6.45) is 12.8. The highest BCUT2D eigenvalue weighted by molar-refractivity contribution is 5.78. The molecule has 4 nitrogen and oxygen atoms in total. The molecular formula is C22H38N2O2. The van der Waals surface area contributed by atoms with E-state index in [1.807, 2.05) is 0 Å². The summed E-state index contributed by atoms with van der Waals surface area (Å²) in [5.74, 6) is 0.348. The molecule has 26 heavy (non-hydrogen) atoms. The van der Waals surface area contributed by atoms with E-state index >= 15 is 0 Å². The molecule has 3 rings (SSSR count). The van der Waals surface area contributed by atoms with Crippen molar-refractivity contribution in [2.75, 3.05) is 33.3 Å². The van der Waals surface area contributed by atoms with Crippen LogP contribution in [0.1, 0.15) is 71.6 Å². The van der Waals surface area contributed by atoms with Crippen LogP contribution in [-0.4, -0.2) is 61.1 Å². The average molecular weight is 363 g/mol. The van der Waals surface area contributed by atoms with Crippen LogP contribution >= 0.6 is 0 Å². The van der Waals surface area contributed by atoms with Crippen molar-refractivity contribution < 1.29 is 9.53 Å². The fourth-order valence-corrected chi connectivity index (χ4v) is 4.59. The van der Waals surface area contributed by atoms with Crippen molar-refractivity contribution in [1.29, 1.82) is 0 Å². The fourth-order valence-electron chi connectivity index (χ4n) is 4.59. The van der Waals surface area contributed by atoms with E-state index in [4.69, 9.17) is 4.74 Å². The first-order chi connectivity index (χ1) is 12.5. The van der Waals surface area contributed by atoms with E-state index in [1.54, 1.807) is 0 Å². The average Bonchev–Trinajstić information content (AvgIpc) is 2.65. The molecule has 2 saturated heterocycles. The molecule has 0 aromatic rings. The molecule has 4 heteroatoms. The van der Waals surface area contributed by atoms with Gasteiger partial charge in [0, 0.05) is 32.1 Å². The predicted octanol–water partition coefficient (Wildman–Crippen LogP) is 4.00. The zero-order valence-corrected chi connectivity index (χ0v) is 17.1. The van der Waals surface area contributed by atoms with Gasteiger partial charge in [-0.05, 0) is 77.7 Å². The summed E-state index contributed by atoms with van der Waals surface area (Å²) in [5.41, 5.74) is 1.70. The molecule has 1 spiro atoms. The molecule has 1 aliphatic carbocycles. The zero-order chi connectivity index (χ0) is 18.6. The summed E-state index contributed by atoms with van der Waals surface area (Å²) >= 11 is 0. The lowest BCUT2D eigenvalue weighted by Crippen LogP contribution is -2.49. The van der Waals surface area contributed by atoms with Crippen molar-refractivity contribution in [3.63, 3.8) is 0 Å². The number of carbonyl (C=O) groups excluding carboxylic acids is 1. The molecule has 2 aliphatic heterocycles. The molecular weight excluding hydrogens is 324 g/mol. The topological polar surface area (TPSA) is 32.8 Å². The molecule has 0 aromatic heterocycles. The second-order valence-corrected chi connectivity index (χ2v) is 9.17. The Balaban J connectivity index is 1.42. The molecule has 1 atom stereocenters. The Morgan fingerprint density at radius 3 is 2.65 bits per heavy atom. The lowest BCUT2D eigenvalue weighted by atomic mass is 9.73. The third kappa shape index (κ3) is 5.10. The number of hydrogen-bond acceptors (Lipinski definition) is 3. The van der Waals surface area contributed by atoms with E-state index in [0.717, 1.165) is 58.3 Å². The van der Waals surface area contributed by atoms with Gasteiger partial charge in [0.15, 0.2) is 0 Å². The van der Waals surface area contributed by atoms with E-state index in [-0.39, 0.29) is 0 Å². The normalized spacial score (nSPS) is 26.4. The minimum Gasteiger partial charge on any atom is -0.376 e. The predicted molar refractivity (Wildman–Crippen MR) is 106 cm³/mol. The highest BCUT2D eigenvalue weighted by atomic mass is 16.5. The van der Waals surface area contributed by atoms with Gasteiger partial charge < -0.3 is 14.5 Å². The van der Waals surface area contributed by atoms with Gasteiger partial charge >= 0.3 is 0 Å². The molecule has 0 saturated carbocycles. The van der Waals surface area contributed by atoms with Gasteiger partial charge in [0.05, 0.1) is 12.7 Å². The van der Waals surface area contributed by atoms with Crippen LogP contribution in [0.4, 0.5) is 0 Å². The summed E-state index contributed by atoms with van der Waals surface area (Å²) in [7, 11) is 2.18. The third-order valence-electron chi connectivity index (χ3n) is 6.94. The molecule has 0 aromatic carbocycles. The molecule has 1 unspecified atom stereocenters. The number of likely N-dealkylation sites (N-methyl/N-ethyl adjacent to an activating group) is 1. The Labute approximate surface area is 159 Å². The van der Waals surface area contributed by atoms with E-state index in [9.17, 15) is 4.79 Å². The van der Waals surface area contributed by atoms with Crippen LogP contribution in [0.3, 0.4) is 0 Å². The van der Waals surface area contributed by atoms with Crippen LogP contribution in [-0.2, 0) is 9.53 Å². The summed E-state index contributed by atoms with van der Waals surface area (Å²) in [4.78, 5) is 17.1. The fraction of sp³-hybridized carbons (Fsp3) is 0.864. The van der Waals surface area contributed by atoms with Crippen LogP contribution < -0.4 is 0 Å². The van der Waals surface area contributed by atoms with Crippen LogP contribution in [0.25, 0.3) is 0 Å². The van der Waals surface area contributed by atoms with E-state index < -0.39 is 0 Å². The maximum Gasteiger partial charge on any atom is 0.226 e. The third-order valence-corrected chi connectivity index (χ3v) is 6.94. The lowest BCUT2D eigenvalue weighted by molar-refractivity contribution is -0.137. The van der Waals surface area contributed by atoms with Gasteiger partial charge in [0.25, 0.3) is 0 Å². The SMILES string of the molecule is CC(C)N(C)CC1CCC2(CCN(C(=O)CC3=CCCCC3)CC2)CO1. The molecule has 0 bridgehead atoms. The van der Waals surface area contributed by atoms with Crippen molar-refractivity contribution in [1.82, 2.24) is 9.80 Å². The summed E-state index contributed by atoms with van der Waals surface area (Å²) < 4.78 is 6.26. The highest BCUT2D eigenvalue weighted by Gasteiger charge is 2.40. The molecule has 0 N–H and O–H groups in total. The van der Waals surface area contributed by atoms with Gasteiger partial charge in [0.2, 0.25) is 5.91 Å². The number of allylic oxidation sites excluding steroid dienone is 1. The Hall–Kier alpha value is -0.870. The molecule has 1 amide bonds. The smallest absolute Gasteiger partial charge is 0.226 e. The minimum atomic E-state index is 0.327. The number of amides is 1. The Morgan fingerprint density at radius 1 is 1.31 bits per heavy atom. The maximum absolute atomic E-state index is 12.6. The first-order valence-corrected chi connectivity index (χ1v) is 10.7. The van der Waals surface area contributed by atoms with Gasteiger partial charge in [-0.1, -0.05) is 11.6 Å². The number of carbonyl (C=O) groups is 1. The number of rotatable bonds is 5. The molecule has 0 radical (unpaired) electrons. The number of piperidine rings is 1. The number of likely N-dealkylation sites (tertiary alicyclic amines) is 1. The quantitative estimate of drug-likeness (QED) is 0.693. The number of ether oxygens (including phenoxy) is 1.